The molecule has 3 aromatic rings. The molecule has 0 spiro atoms. The number of benzene rings is 2. The number of aromatic nitrogens is 2. The molecule has 1 aliphatic carbocycles. The highest BCUT2D eigenvalue weighted by molar-refractivity contribution is 5.98. The molecule has 0 aliphatic heterocycles. The molecule has 0 fully saturated rings. The van der Waals surface area contributed by atoms with Gasteiger partial charge in [0.1, 0.15) is 6.04 Å². The first-order valence-corrected chi connectivity index (χ1v) is 11.7. The highest BCUT2D eigenvalue weighted by Gasteiger charge is 2.26. The lowest BCUT2D eigenvalue weighted by Gasteiger charge is -2.20. The molecule has 4 rings (SSSR count). The van der Waals surface area contributed by atoms with E-state index in [1.54, 1.807) is 6.07 Å². The molecule has 2 N–H and O–H groups in total. The molecule has 1 aliphatic rings. The van der Waals surface area contributed by atoms with Crippen molar-refractivity contribution in [3.63, 3.8) is 0 Å². The molecule has 2 aromatic carbocycles. The number of rotatable bonds is 8. The van der Waals surface area contributed by atoms with Gasteiger partial charge in [0.2, 0.25) is 5.91 Å². The van der Waals surface area contributed by atoms with Crippen molar-refractivity contribution in [3.05, 3.63) is 82.7 Å². The average molecular weight is 445 g/mol. The van der Waals surface area contributed by atoms with Gasteiger partial charge >= 0.3 is 0 Å². The second kappa shape index (κ2) is 10.0. The Labute approximate surface area is 195 Å². The third-order valence-corrected chi connectivity index (χ3v) is 6.16. The summed E-state index contributed by atoms with van der Waals surface area (Å²) in [5, 5.41) is 10.8. The van der Waals surface area contributed by atoms with Crippen LogP contribution in [0.2, 0.25) is 0 Å². The van der Waals surface area contributed by atoms with Crippen molar-refractivity contribution in [2.45, 2.75) is 59.0 Å². The van der Waals surface area contributed by atoms with Crippen LogP contribution in [0.3, 0.4) is 0 Å². The standard InChI is InChI=1S/C27H32N4O2/c1-18(2)16-23(29-26(32)21-13-8-7-10-19(21)3)27(33)28-17-24-22-14-9-15-25(22)31(30-24)20-11-5-4-6-12-20/h4-8,10-13,18,23H,9,14-17H2,1-3H3,(H,28,33)(H,29,32). The SMILES string of the molecule is Cc1ccccc1C(=O)NC(CC(C)C)C(=O)NCc1nn(-c2ccccc2)c2c1CCC2. The summed E-state index contributed by atoms with van der Waals surface area (Å²) in [5.74, 6) is -0.130. The van der Waals surface area contributed by atoms with Crippen LogP contribution < -0.4 is 10.6 Å². The smallest absolute Gasteiger partial charge is 0.252 e. The van der Waals surface area contributed by atoms with Crippen LogP contribution in [0, 0.1) is 12.8 Å². The van der Waals surface area contributed by atoms with E-state index < -0.39 is 6.04 Å². The number of carbonyl (C=O) groups excluding carboxylic acids is 2. The molecule has 172 valence electrons. The van der Waals surface area contributed by atoms with Gasteiger partial charge in [0, 0.05) is 11.3 Å². The van der Waals surface area contributed by atoms with E-state index in [9.17, 15) is 9.59 Å². The third-order valence-electron chi connectivity index (χ3n) is 6.16. The van der Waals surface area contributed by atoms with Gasteiger partial charge in [0.05, 0.1) is 17.9 Å². The molecule has 0 radical (unpaired) electrons. The zero-order valence-electron chi connectivity index (χ0n) is 19.6. The Kier molecular flexibility index (Phi) is 6.92. The number of hydrogen-bond acceptors (Lipinski definition) is 3. The van der Waals surface area contributed by atoms with Crippen LogP contribution in [0.1, 0.15) is 59.6 Å². The second-order valence-electron chi connectivity index (χ2n) is 9.16. The number of amides is 2. The van der Waals surface area contributed by atoms with E-state index in [4.69, 9.17) is 5.10 Å². The number of para-hydroxylation sites is 1. The van der Waals surface area contributed by atoms with Gasteiger partial charge in [0.15, 0.2) is 0 Å². The molecule has 33 heavy (non-hydrogen) atoms. The highest BCUT2D eigenvalue weighted by Crippen LogP contribution is 2.27. The quantitative estimate of drug-likeness (QED) is 0.549. The summed E-state index contributed by atoms with van der Waals surface area (Å²) < 4.78 is 2.01. The highest BCUT2D eigenvalue weighted by atomic mass is 16.2. The Balaban J connectivity index is 1.48. The fourth-order valence-corrected chi connectivity index (χ4v) is 4.50. The molecule has 0 saturated heterocycles. The first-order valence-electron chi connectivity index (χ1n) is 11.7. The molecule has 6 nitrogen and oxygen atoms in total. The molecule has 0 bridgehead atoms. The average Bonchev–Trinajstić information content (AvgIpc) is 3.41. The maximum Gasteiger partial charge on any atom is 0.252 e. The number of hydrogen-bond donors (Lipinski definition) is 2. The molecular weight excluding hydrogens is 412 g/mol. The zero-order valence-corrected chi connectivity index (χ0v) is 19.6. The topological polar surface area (TPSA) is 76.0 Å². The van der Waals surface area contributed by atoms with Crippen molar-refractivity contribution >= 4 is 11.8 Å². The van der Waals surface area contributed by atoms with Crippen LogP contribution in [0.5, 0.6) is 0 Å². The predicted molar refractivity (Wildman–Crippen MR) is 129 cm³/mol. The summed E-state index contributed by atoms with van der Waals surface area (Å²) in [6, 6.07) is 16.9. The zero-order chi connectivity index (χ0) is 23.4. The largest absolute Gasteiger partial charge is 0.349 e. The van der Waals surface area contributed by atoms with Crippen molar-refractivity contribution < 1.29 is 9.59 Å². The van der Waals surface area contributed by atoms with E-state index in [-0.39, 0.29) is 17.7 Å². The van der Waals surface area contributed by atoms with Gasteiger partial charge in [-0.2, -0.15) is 5.10 Å². The maximum atomic E-state index is 13.1. The normalized spacial score (nSPS) is 13.6. The summed E-state index contributed by atoms with van der Waals surface area (Å²) in [6.07, 6.45) is 3.64. The fourth-order valence-electron chi connectivity index (χ4n) is 4.50. The monoisotopic (exact) mass is 444 g/mol. The summed E-state index contributed by atoms with van der Waals surface area (Å²) in [7, 11) is 0. The van der Waals surface area contributed by atoms with Gasteiger partial charge in [-0.25, -0.2) is 4.68 Å². The van der Waals surface area contributed by atoms with Crippen molar-refractivity contribution in [1.82, 2.24) is 20.4 Å². The van der Waals surface area contributed by atoms with Crippen LogP contribution in [0.4, 0.5) is 0 Å². The lowest BCUT2D eigenvalue weighted by atomic mass is 10.0. The molecule has 1 atom stereocenters. The Morgan fingerprint density at radius 3 is 2.48 bits per heavy atom. The Morgan fingerprint density at radius 1 is 1.03 bits per heavy atom. The van der Waals surface area contributed by atoms with Gasteiger partial charge in [-0.05, 0) is 67.9 Å². The predicted octanol–water partition coefficient (Wildman–Crippen LogP) is 4.13. The lowest BCUT2D eigenvalue weighted by molar-refractivity contribution is -0.123. The summed E-state index contributed by atoms with van der Waals surface area (Å²) in [6.45, 7) is 6.36. The van der Waals surface area contributed by atoms with Gasteiger partial charge in [-0.1, -0.05) is 50.2 Å². The Morgan fingerprint density at radius 2 is 1.76 bits per heavy atom. The van der Waals surface area contributed by atoms with Gasteiger partial charge < -0.3 is 10.6 Å². The van der Waals surface area contributed by atoms with Crippen LogP contribution in [-0.4, -0.2) is 27.6 Å². The van der Waals surface area contributed by atoms with Crippen molar-refractivity contribution in [1.29, 1.82) is 0 Å². The Bertz CT molecular complexity index is 1130. The minimum atomic E-state index is -0.596. The number of fused-ring (bicyclic) bond motifs is 1. The Hall–Kier alpha value is -3.41. The van der Waals surface area contributed by atoms with Crippen molar-refractivity contribution in [3.8, 4) is 5.69 Å². The van der Waals surface area contributed by atoms with E-state index in [2.05, 4.69) is 24.5 Å². The number of aryl methyl sites for hydroxylation is 1. The number of nitrogens with one attached hydrogen (secondary N) is 2. The van der Waals surface area contributed by atoms with Crippen LogP contribution >= 0.6 is 0 Å². The first kappa shape index (κ1) is 22.8. The summed E-state index contributed by atoms with van der Waals surface area (Å²) in [5.41, 5.74) is 5.91. The third kappa shape index (κ3) is 5.16. The minimum absolute atomic E-state index is 0.174. The van der Waals surface area contributed by atoms with Gasteiger partial charge in [-0.15, -0.1) is 0 Å². The van der Waals surface area contributed by atoms with Crippen LogP contribution in [0.15, 0.2) is 54.6 Å². The van der Waals surface area contributed by atoms with Gasteiger partial charge in [-0.3, -0.25) is 9.59 Å². The van der Waals surface area contributed by atoms with E-state index in [0.717, 1.165) is 36.2 Å². The second-order valence-corrected chi connectivity index (χ2v) is 9.16. The molecule has 2 amide bonds. The first-order chi connectivity index (χ1) is 15.9. The molecule has 1 aromatic heterocycles. The van der Waals surface area contributed by atoms with Gasteiger partial charge in [0.25, 0.3) is 5.91 Å². The maximum absolute atomic E-state index is 13.1. The summed E-state index contributed by atoms with van der Waals surface area (Å²) in [4.78, 5) is 26.0. The summed E-state index contributed by atoms with van der Waals surface area (Å²) >= 11 is 0. The number of nitrogens with zero attached hydrogens (tertiary/aromatic N) is 2. The molecule has 6 heteroatoms. The fraction of sp³-hybridized carbons (Fsp3) is 0.370. The van der Waals surface area contributed by atoms with Crippen molar-refractivity contribution in [2.75, 3.05) is 0 Å². The molecular formula is C27H32N4O2. The molecule has 1 heterocycles. The van der Waals surface area contributed by atoms with E-state index in [1.807, 2.05) is 60.1 Å². The van der Waals surface area contributed by atoms with E-state index in [0.29, 0.717) is 18.5 Å². The van der Waals surface area contributed by atoms with Crippen LogP contribution in [-0.2, 0) is 24.2 Å². The number of carbonyl (C=O) groups is 2. The van der Waals surface area contributed by atoms with Crippen LogP contribution in [0.25, 0.3) is 5.69 Å². The minimum Gasteiger partial charge on any atom is -0.349 e. The van der Waals surface area contributed by atoms with Crippen molar-refractivity contribution in [2.24, 2.45) is 5.92 Å². The van der Waals surface area contributed by atoms with E-state index in [1.165, 1.54) is 11.3 Å². The lowest BCUT2D eigenvalue weighted by Crippen LogP contribution is -2.47. The molecule has 1 unspecified atom stereocenters. The molecule has 0 saturated carbocycles. The van der Waals surface area contributed by atoms with E-state index >= 15 is 0 Å².